The van der Waals surface area contributed by atoms with Crippen LogP contribution in [0.3, 0.4) is 0 Å². The first-order valence-corrected chi connectivity index (χ1v) is 7.33. The third-order valence-electron chi connectivity index (χ3n) is 3.69. The number of carbonyl (C=O) groups is 2. The van der Waals surface area contributed by atoms with Crippen LogP contribution in [0, 0.1) is 0 Å². The summed E-state index contributed by atoms with van der Waals surface area (Å²) in [5, 5.41) is 14.8. The van der Waals surface area contributed by atoms with E-state index in [1.54, 1.807) is 4.90 Å². The van der Waals surface area contributed by atoms with Gasteiger partial charge in [-0.1, -0.05) is 24.3 Å². The van der Waals surface area contributed by atoms with Crippen LogP contribution in [0.15, 0.2) is 24.3 Å². The zero-order valence-corrected chi connectivity index (χ0v) is 12.7. The maximum absolute atomic E-state index is 12.1. The molecule has 1 aromatic rings. The van der Waals surface area contributed by atoms with Crippen molar-refractivity contribution in [2.75, 3.05) is 33.2 Å². The molecule has 0 aromatic heterocycles. The summed E-state index contributed by atoms with van der Waals surface area (Å²) >= 11 is 0. The summed E-state index contributed by atoms with van der Waals surface area (Å²) in [7, 11) is 1.90. The van der Waals surface area contributed by atoms with Crippen LogP contribution in [0.4, 0.5) is 9.59 Å². The Labute approximate surface area is 129 Å². The fourth-order valence-electron chi connectivity index (χ4n) is 2.37. The molecule has 0 aliphatic carbocycles. The molecule has 0 atom stereocenters. The molecular formula is C15H22N4O3. The van der Waals surface area contributed by atoms with E-state index in [1.165, 1.54) is 10.5 Å². The van der Waals surface area contributed by atoms with Crippen molar-refractivity contribution < 1.29 is 14.7 Å². The van der Waals surface area contributed by atoms with Crippen LogP contribution in [0.25, 0.3) is 0 Å². The van der Waals surface area contributed by atoms with Gasteiger partial charge in [0.1, 0.15) is 0 Å². The van der Waals surface area contributed by atoms with Crippen molar-refractivity contribution in [1.82, 2.24) is 20.4 Å². The number of rotatable bonds is 4. The molecule has 120 valence electrons. The second kappa shape index (κ2) is 7.65. The van der Waals surface area contributed by atoms with Gasteiger partial charge in [0.05, 0.1) is 0 Å². The monoisotopic (exact) mass is 306 g/mol. The number of hydrogen-bond acceptors (Lipinski definition) is 3. The zero-order chi connectivity index (χ0) is 15.9. The van der Waals surface area contributed by atoms with Crippen LogP contribution in [0.5, 0.6) is 0 Å². The Kier molecular flexibility index (Phi) is 5.60. The Morgan fingerprint density at radius 1 is 1.00 bits per heavy atom. The van der Waals surface area contributed by atoms with E-state index in [-0.39, 0.29) is 6.03 Å². The first kappa shape index (κ1) is 16.1. The van der Waals surface area contributed by atoms with Crippen molar-refractivity contribution in [2.45, 2.75) is 13.1 Å². The maximum atomic E-state index is 12.1. The number of benzene rings is 1. The molecule has 7 nitrogen and oxygen atoms in total. The van der Waals surface area contributed by atoms with Crippen molar-refractivity contribution in [1.29, 1.82) is 0 Å². The molecule has 3 N–H and O–H groups in total. The molecule has 1 aromatic carbocycles. The Morgan fingerprint density at radius 3 is 2.00 bits per heavy atom. The fourth-order valence-corrected chi connectivity index (χ4v) is 2.37. The number of hydrogen-bond donors (Lipinski definition) is 3. The number of carbonyl (C=O) groups excluding carboxylic acids is 1. The summed E-state index contributed by atoms with van der Waals surface area (Å²) in [6.45, 7) is 2.87. The number of carboxylic acid groups (broad SMARTS) is 1. The van der Waals surface area contributed by atoms with E-state index < -0.39 is 6.09 Å². The average Bonchev–Trinajstić information content (AvgIpc) is 2.54. The van der Waals surface area contributed by atoms with Crippen molar-refractivity contribution >= 4 is 12.1 Å². The lowest BCUT2D eigenvalue weighted by molar-refractivity contribution is 0.112. The lowest BCUT2D eigenvalue weighted by atomic mass is 10.1. The lowest BCUT2D eigenvalue weighted by Crippen LogP contribution is -2.52. The molecule has 22 heavy (non-hydrogen) atoms. The summed E-state index contributed by atoms with van der Waals surface area (Å²) in [5.74, 6) is 0. The van der Waals surface area contributed by atoms with E-state index in [2.05, 4.69) is 10.6 Å². The predicted octanol–water partition coefficient (Wildman–Crippen LogP) is 0.911. The van der Waals surface area contributed by atoms with E-state index in [0.29, 0.717) is 32.7 Å². The minimum atomic E-state index is -0.929. The SMILES string of the molecule is CNCc1ccc(CNC(=O)N2CCN(C(=O)O)CC2)cc1. The van der Waals surface area contributed by atoms with Crippen LogP contribution in [-0.2, 0) is 13.1 Å². The smallest absolute Gasteiger partial charge is 0.407 e. The Morgan fingerprint density at radius 2 is 1.50 bits per heavy atom. The highest BCUT2D eigenvalue weighted by molar-refractivity contribution is 5.74. The Balaban J connectivity index is 1.77. The highest BCUT2D eigenvalue weighted by Crippen LogP contribution is 2.06. The number of nitrogens with zero attached hydrogens (tertiary/aromatic N) is 2. The minimum Gasteiger partial charge on any atom is -0.465 e. The van der Waals surface area contributed by atoms with Gasteiger partial charge in [-0.3, -0.25) is 0 Å². The number of nitrogens with one attached hydrogen (secondary N) is 2. The van der Waals surface area contributed by atoms with Gasteiger partial charge in [0, 0.05) is 39.3 Å². The summed E-state index contributed by atoms with van der Waals surface area (Å²) in [5.41, 5.74) is 2.24. The number of piperazine rings is 1. The molecule has 7 heteroatoms. The van der Waals surface area contributed by atoms with Gasteiger partial charge in [-0.2, -0.15) is 0 Å². The summed E-state index contributed by atoms with van der Waals surface area (Å²) in [4.78, 5) is 25.8. The molecule has 3 amide bonds. The molecule has 0 bridgehead atoms. The summed E-state index contributed by atoms with van der Waals surface area (Å²) in [6.07, 6.45) is -0.929. The quantitative estimate of drug-likeness (QED) is 0.772. The van der Waals surface area contributed by atoms with Crippen LogP contribution in [-0.4, -0.2) is 60.3 Å². The Hall–Kier alpha value is -2.28. The summed E-state index contributed by atoms with van der Waals surface area (Å²) < 4.78 is 0. The Bertz CT molecular complexity index is 510. The highest BCUT2D eigenvalue weighted by atomic mass is 16.4. The number of urea groups is 1. The molecular weight excluding hydrogens is 284 g/mol. The molecule has 0 spiro atoms. The standard InChI is InChI=1S/C15H22N4O3/c1-16-10-12-2-4-13(5-3-12)11-17-14(20)18-6-8-19(9-7-18)15(21)22/h2-5,16H,6-11H2,1H3,(H,17,20)(H,21,22). The fraction of sp³-hybridized carbons (Fsp3) is 0.467. The summed E-state index contributed by atoms with van der Waals surface area (Å²) in [6, 6.07) is 7.90. The van der Waals surface area contributed by atoms with Gasteiger partial charge in [0.15, 0.2) is 0 Å². The van der Waals surface area contributed by atoms with Crippen molar-refractivity contribution in [3.05, 3.63) is 35.4 Å². The second-order valence-corrected chi connectivity index (χ2v) is 5.26. The normalized spacial score (nSPS) is 14.8. The van der Waals surface area contributed by atoms with E-state index >= 15 is 0 Å². The molecule has 1 aliphatic heterocycles. The third kappa shape index (κ3) is 4.36. The third-order valence-corrected chi connectivity index (χ3v) is 3.69. The van der Waals surface area contributed by atoms with Gasteiger partial charge in [0.25, 0.3) is 0 Å². The minimum absolute atomic E-state index is 0.149. The molecule has 0 saturated carbocycles. The first-order chi connectivity index (χ1) is 10.6. The molecule has 1 aliphatic rings. The van der Waals surface area contributed by atoms with Crippen LogP contribution in [0.2, 0.25) is 0 Å². The van der Waals surface area contributed by atoms with Crippen LogP contribution in [0.1, 0.15) is 11.1 Å². The molecule has 0 radical (unpaired) electrons. The van der Waals surface area contributed by atoms with Gasteiger partial charge in [-0.15, -0.1) is 0 Å². The average molecular weight is 306 g/mol. The molecule has 1 saturated heterocycles. The maximum Gasteiger partial charge on any atom is 0.407 e. The van der Waals surface area contributed by atoms with Crippen LogP contribution >= 0.6 is 0 Å². The van der Waals surface area contributed by atoms with E-state index in [4.69, 9.17) is 5.11 Å². The molecule has 1 fully saturated rings. The topological polar surface area (TPSA) is 84.9 Å². The van der Waals surface area contributed by atoms with Gasteiger partial charge in [0.2, 0.25) is 0 Å². The first-order valence-electron chi connectivity index (χ1n) is 7.33. The van der Waals surface area contributed by atoms with E-state index in [0.717, 1.165) is 12.1 Å². The molecule has 2 rings (SSSR count). The largest absolute Gasteiger partial charge is 0.465 e. The van der Waals surface area contributed by atoms with Gasteiger partial charge < -0.3 is 25.5 Å². The zero-order valence-electron chi connectivity index (χ0n) is 12.7. The van der Waals surface area contributed by atoms with E-state index in [9.17, 15) is 9.59 Å². The molecule has 1 heterocycles. The highest BCUT2D eigenvalue weighted by Gasteiger charge is 2.23. The van der Waals surface area contributed by atoms with Gasteiger partial charge in [-0.25, -0.2) is 9.59 Å². The second-order valence-electron chi connectivity index (χ2n) is 5.26. The van der Waals surface area contributed by atoms with Crippen LogP contribution < -0.4 is 10.6 Å². The van der Waals surface area contributed by atoms with Gasteiger partial charge in [-0.05, 0) is 18.2 Å². The van der Waals surface area contributed by atoms with Crippen molar-refractivity contribution in [3.8, 4) is 0 Å². The van der Waals surface area contributed by atoms with E-state index in [1.807, 2.05) is 31.3 Å². The lowest BCUT2D eigenvalue weighted by Gasteiger charge is -2.33. The molecule has 0 unspecified atom stereocenters. The van der Waals surface area contributed by atoms with Gasteiger partial charge >= 0.3 is 12.1 Å². The number of amides is 3. The predicted molar refractivity (Wildman–Crippen MR) is 82.6 cm³/mol. The van der Waals surface area contributed by atoms with Crippen molar-refractivity contribution in [3.63, 3.8) is 0 Å². The van der Waals surface area contributed by atoms with Crippen molar-refractivity contribution in [2.24, 2.45) is 0 Å².